The molecule has 148 valence electrons. The summed E-state index contributed by atoms with van der Waals surface area (Å²) in [5, 5.41) is 11.5. The molecule has 25 heavy (non-hydrogen) atoms. The Kier molecular flexibility index (Phi) is 16.9. The van der Waals surface area contributed by atoms with Gasteiger partial charge < -0.3 is 15.2 Å². The normalized spacial score (nSPS) is 12.0. The molecule has 1 amide bonds. The largest absolute Gasteiger partial charge is 0.467 e. The Bertz CT molecular complexity index is 334. The summed E-state index contributed by atoms with van der Waals surface area (Å²) in [5.41, 5.74) is 0. The van der Waals surface area contributed by atoms with Gasteiger partial charge in [0.2, 0.25) is 5.91 Å². The smallest absolute Gasteiger partial charge is 0.330 e. The van der Waals surface area contributed by atoms with Gasteiger partial charge in [-0.2, -0.15) is 0 Å². The first-order valence-electron chi connectivity index (χ1n) is 10.1. The van der Waals surface area contributed by atoms with Crippen LogP contribution in [0.15, 0.2) is 0 Å². The molecule has 0 spiro atoms. The quantitative estimate of drug-likeness (QED) is 0.303. The molecule has 0 fully saturated rings. The maximum Gasteiger partial charge on any atom is 0.330 e. The van der Waals surface area contributed by atoms with Crippen molar-refractivity contribution in [2.45, 2.75) is 103 Å². The summed E-state index contributed by atoms with van der Waals surface area (Å²) >= 11 is 0. The molecule has 0 heterocycles. The Morgan fingerprint density at radius 1 is 0.840 bits per heavy atom. The monoisotopic (exact) mass is 357 g/mol. The number of amides is 1. The third-order valence-electron chi connectivity index (χ3n) is 4.51. The zero-order valence-corrected chi connectivity index (χ0v) is 16.4. The highest BCUT2D eigenvalue weighted by molar-refractivity contribution is 5.84. The van der Waals surface area contributed by atoms with Crippen molar-refractivity contribution in [3.63, 3.8) is 0 Å². The van der Waals surface area contributed by atoms with Crippen LogP contribution < -0.4 is 5.32 Å². The van der Waals surface area contributed by atoms with E-state index in [1.807, 2.05) is 0 Å². The van der Waals surface area contributed by atoms with E-state index in [4.69, 9.17) is 5.11 Å². The van der Waals surface area contributed by atoms with E-state index in [-0.39, 0.29) is 5.91 Å². The van der Waals surface area contributed by atoms with Gasteiger partial charge in [0, 0.05) is 6.42 Å². The number of hydrogen-bond donors (Lipinski definition) is 2. The van der Waals surface area contributed by atoms with Gasteiger partial charge in [0.05, 0.1) is 13.7 Å². The van der Waals surface area contributed by atoms with Crippen LogP contribution >= 0.6 is 0 Å². The number of methoxy groups -OCH3 is 1. The second kappa shape index (κ2) is 17.7. The second-order valence-electron chi connectivity index (χ2n) is 6.82. The number of carbonyl (C=O) groups is 2. The third kappa shape index (κ3) is 14.9. The molecule has 0 unspecified atom stereocenters. The highest BCUT2D eigenvalue weighted by Gasteiger charge is 2.19. The van der Waals surface area contributed by atoms with Gasteiger partial charge in [0.1, 0.15) is 0 Å². The number of aliphatic hydroxyl groups excluding tert-OH is 1. The van der Waals surface area contributed by atoms with E-state index >= 15 is 0 Å². The molecule has 0 radical (unpaired) electrons. The average molecular weight is 358 g/mol. The minimum atomic E-state index is -0.945. The molecule has 5 heteroatoms. The molecule has 0 aliphatic carbocycles. The number of rotatable bonds is 17. The molecule has 0 aromatic heterocycles. The molecule has 0 aliphatic rings. The van der Waals surface area contributed by atoms with Gasteiger partial charge in [-0.05, 0) is 6.42 Å². The fourth-order valence-corrected chi connectivity index (χ4v) is 2.89. The molecule has 0 rings (SSSR count). The van der Waals surface area contributed by atoms with Crippen molar-refractivity contribution in [1.29, 1.82) is 0 Å². The molecule has 0 aliphatic heterocycles. The molecular weight excluding hydrogens is 318 g/mol. The number of aliphatic hydroxyl groups is 1. The van der Waals surface area contributed by atoms with Crippen molar-refractivity contribution in [2.24, 2.45) is 0 Å². The highest BCUT2D eigenvalue weighted by atomic mass is 16.5. The lowest BCUT2D eigenvalue weighted by Gasteiger charge is -2.13. The predicted octanol–water partition coefficient (Wildman–Crippen LogP) is 4.12. The third-order valence-corrected chi connectivity index (χ3v) is 4.51. The summed E-state index contributed by atoms with van der Waals surface area (Å²) in [6.45, 7) is 1.82. The van der Waals surface area contributed by atoms with E-state index in [2.05, 4.69) is 17.0 Å². The summed E-state index contributed by atoms with van der Waals surface area (Å²) in [6, 6.07) is -0.945. The molecule has 0 bridgehead atoms. The van der Waals surface area contributed by atoms with Crippen molar-refractivity contribution in [3.8, 4) is 0 Å². The zero-order chi connectivity index (χ0) is 18.8. The Balaban J connectivity index is 3.37. The number of ether oxygens (including phenoxy) is 1. The van der Waals surface area contributed by atoms with E-state index in [0.29, 0.717) is 6.42 Å². The summed E-state index contributed by atoms with van der Waals surface area (Å²) in [4.78, 5) is 23.0. The van der Waals surface area contributed by atoms with Crippen molar-refractivity contribution >= 4 is 11.9 Å². The Hall–Kier alpha value is -1.10. The molecule has 5 nitrogen and oxygen atoms in total. The first-order chi connectivity index (χ1) is 12.2. The molecule has 0 aromatic rings. The molecule has 1 atom stereocenters. The summed E-state index contributed by atoms with van der Waals surface area (Å²) in [5.74, 6) is -0.811. The standard InChI is InChI=1S/C20H39NO4/c1-3-4-5-6-7-8-9-10-11-12-13-14-15-16-19(23)21-18(17-22)20(24)25-2/h18,22H,3-17H2,1-2H3,(H,21,23)/t18-/m1/s1. The van der Waals surface area contributed by atoms with Crippen LogP contribution in [0.2, 0.25) is 0 Å². The Labute approximate surface area is 153 Å². The van der Waals surface area contributed by atoms with Crippen LogP contribution in [0.5, 0.6) is 0 Å². The van der Waals surface area contributed by atoms with Crippen LogP contribution in [0.4, 0.5) is 0 Å². The Morgan fingerprint density at radius 2 is 1.28 bits per heavy atom. The lowest BCUT2D eigenvalue weighted by Crippen LogP contribution is -2.43. The summed E-state index contributed by atoms with van der Waals surface area (Å²) in [6.07, 6.45) is 16.8. The molecule has 0 saturated heterocycles. The van der Waals surface area contributed by atoms with E-state index in [1.54, 1.807) is 0 Å². The summed E-state index contributed by atoms with van der Waals surface area (Å²) < 4.78 is 4.51. The first-order valence-corrected chi connectivity index (χ1v) is 10.1. The number of esters is 1. The molecule has 0 saturated carbocycles. The van der Waals surface area contributed by atoms with E-state index in [1.165, 1.54) is 71.3 Å². The SMILES string of the molecule is CCCCCCCCCCCCCCCC(=O)N[C@H](CO)C(=O)OC. The average Bonchev–Trinajstić information content (AvgIpc) is 2.62. The number of hydrogen-bond acceptors (Lipinski definition) is 4. The van der Waals surface area contributed by atoms with Gasteiger partial charge >= 0.3 is 5.97 Å². The summed E-state index contributed by atoms with van der Waals surface area (Å²) in [7, 11) is 1.24. The number of nitrogens with one attached hydrogen (secondary N) is 1. The van der Waals surface area contributed by atoms with Gasteiger partial charge in [-0.25, -0.2) is 4.79 Å². The van der Waals surface area contributed by atoms with Crippen LogP contribution in [0, 0.1) is 0 Å². The van der Waals surface area contributed by atoms with Gasteiger partial charge in [-0.1, -0.05) is 84.0 Å². The van der Waals surface area contributed by atoms with Crippen LogP contribution in [-0.4, -0.2) is 36.7 Å². The topological polar surface area (TPSA) is 75.6 Å². The maximum atomic E-state index is 11.7. The van der Waals surface area contributed by atoms with Crippen LogP contribution in [-0.2, 0) is 14.3 Å². The minimum Gasteiger partial charge on any atom is -0.467 e. The van der Waals surface area contributed by atoms with Gasteiger partial charge in [0.25, 0.3) is 0 Å². The molecule has 2 N–H and O–H groups in total. The first kappa shape index (κ1) is 23.9. The minimum absolute atomic E-state index is 0.201. The van der Waals surface area contributed by atoms with Gasteiger partial charge in [-0.3, -0.25) is 4.79 Å². The second-order valence-corrected chi connectivity index (χ2v) is 6.82. The lowest BCUT2D eigenvalue weighted by molar-refractivity contribution is -0.146. The zero-order valence-electron chi connectivity index (χ0n) is 16.4. The lowest BCUT2D eigenvalue weighted by atomic mass is 10.0. The fraction of sp³-hybridized carbons (Fsp3) is 0.900. The van der Waals surface area contributed by atoms with Crippen molar-refractivity contribution in [3.05, 3.63) is 0 Å². The van der Waals surface area contributed by atoms with Gasteiger partial charge in [-0.15, -0.1) is 0 Å². The number of carbonyl (C=O) groups excluding carboxylic acids is 2. The maximum absolute atomic E-state index is 11.7. The van der Waals surface area contributed by atoms with Crippen LogP contribution in [0.1, 0.15) is 96.8 Å². The van der Waals surface area contributed by atoms with Crippen LogP contribution in [0.25, 0.3) is 0 Å². The number of unbranched alkanes of at least 4 members (excludes halogenated alkanes) is 12. The Morgan fingerprint density at radius 3 is 1.68 bits per heavy atom. The highest BCUT2D eigenvalue weighted by Crippen LogP contribution is 2.12. The van der Waals surface area contributed by atoms with Crippen LogP contribution in [0.3, 0.4) is 0 Å². The molecule has 0 aromatic carbocycles. The van der Waals surface area contributed by atoms with Crippen molar-refractivity contribution < 1.29 is 19.4 Å². The van der Waals surface area contributed by atoms with E-state index in [0.717, 1.165) is 19.3 Å². The fourth-order valence-electron chi connectivity index (χ4n) is 2.89. The molecular formula is C20H39NO4. The predicted molar refractivity (Wildman–Crippen MR) is 101 cm³/mol. The van der Waals surface area contributed by atoms with E-state index in [9.17, 15) is 9.59 Å². The van der Waals surface area contributed by atoms with Crippen molar-refractivity contribution in [1.82, 2.24) is 5.32 Å². The van der Waals surface area contributed by atoms with E-state index < -0.39 is 18.6 Å². The van der Waals surface area contributed by atoms with Crippen molar-refractivity contribution in [2.75, 3.05) is 13.7 Å². The van der Waals surface area contributed by atoms with Gasteiger partial charge in [0.15, 0.2) is 6.04 Å².